The van der Waals surface area contributed by atoms with Crippen molar-refractivity contribution in [3.8, 4) is 6.07 Å². The van der Waals surface area contributed by atoms with Crippen molar-refractivity contribution in [1.82, 2.24) is 19.7 Å². The first-order chi connectivity index (χ1) is 10.3. The number of aromatic nitrogens is 3. The van der Waals surface area contributed by atoms with Crippen molar-refractivity contribution in [3.63, 3.8) is 0 Å². The lowest BCUT2D eigenvalue weighted by atomic mass is 10.1. The van der Waals surface area contributed by atoms with Gasteiger partial charge in [0.2, 0.25) is 0 Å². The lowest BCUT2D eigenvalue weighted by Crippen LogP contribution is -2.47. The molecule has 0 atom stereocenters. The molecule has 4 rings (SSSR count). The van der Waals surface area contributed by atoms with Gasteiger partial charge in [0.15, 0.2) is 0 Å². The molecule has 1 saturated heterocycles. The summed E-state index contributed by atoms with van der Waals surface area (Å²) in [5.74, 6) is 0. The molecule has 0 N–H and O–H groups in total. The van der Waals surface area contributed by atoms with Gasteiger partial charge in [-0.05, 0) is 0 Å². The number of thiazole rings is 1. The molecule has 21 heavy (non-hydrogen) atoms. The number of nitrogens with zero attached hydrogens (tertiary/aromatic N) is 5. The van der Waals surface area contributed by atoms with Crippen molar-refractivity contribution in [3.05, 3.63) is 33.5 Å². The van der Waals surface area contributed by atoms with Crippen LogP contribution < -0.4 is 0 Å². The Balaban J connectivity index is 1.36. The first-order valence-corrected chi connectivity index (χ1v) is 7.85. The van der Waals surface area contributed by atoms with Crippen LogP contribution in [0.4, 0.5) is 0 Å². The Morgan fingerprint density at radius 2 is 2.38 bits per heavy atom. The minimum atomic E-state index is 0.380. The summed E-state index contributed by atoms with van der Waals surface area (Å²) < 4.78 is 7.36. The third-order valence-corrected chi connectivity index (χ3v) is 5.00. The number of nitriles is 1. The fraction of sp³-hybridized carbons (Fsp3) is 0.500. The van der Waals surface area contributed by atoms with Crippen LogP contribution >= 0.6 is 11.3 Å². The van der Waals surface area contributed by atoms with Crippen molar-refractivity contribution in [1.29, 1.82) is 5.26 Å². The third-order valence-electron chi connectivity index (χ3n) is 3.94. The maximum absolute atomic E-state index is 8.82. The molecule has 0 radical (unpaired) electrons. The average molecular weight is 301 g/mol. The van der Waals surface area contributed by atoms with Crippen LogP contribution in [0.25, 0.3) is 0 Å². The molecule has 0 aromatic carbocycles. The van der Waals surface area contributed by atoms with Crippen LogP contribution in [0.3, 0.4) is 0 Å². The molecule has 0 unspecified atom stereocenters. The van der Waals surface area contributed by atoms with E-state index in [1.165, 1.54) is 15.6 Å². The second-order valence-corrected chi connectivity index (χ2v) is 6.62. The fourth-order valence-corrected chi connectivity index (χ4v) is 3.87. The monoisotopic (exact) mass is 301 g/mol. The molecule has 0 bridgehead atoms. The van der Waals surface area contributed by atoms with Crippen LogP contribution in [0, 0.1) is 11.3 Å². The molecule has 7 heteroatoms. The van der Waals surface area contributed by atoms with E-state index >= 15 is 0 Å². The molecule has 0 aliphatic carbocycles. The Kier molecular flexibility index (Phi) is 3.22. The molecule has 108 valence electrons. The van der Waals surface area contributed by atoms with E-state index in [0.29, 0.717) is 11.6 Å². The second-order valence-electron chi connectivity index (χ2n) is 5.45. The van der Waals surface area contributed by atoms with Crippen molar-refractivity contribution in [2.24, 2.45) is 0 Å². The molecule has 0 amide bonds. The van der Waals surface area contributed by atoms with Crippen LogP contribution in [0.15, 0.2) is 12.4 Å². The Labute approximate surface area is 126 Å². The number of hydrogen-bond acceptors (Lipinski definition) is 6. The van der Waals surface area contributed by atoms with Crippen LogP contribution in [0.2, 0.25) is 0 Å². The first-order valence-electron chi connectivity index (χ1n) is 7.03. The smallest absolute Gasteiger partial charge is 0.107 e. The highest BCUT2D eigenvalue weighted by Gasteiger charge is 2.30. The number of hydrogen-bond donors (Lipinski definition) is 0. The fourth-order valence-electron chi connectivity index (χ4n) is 2.77. The van der Waals surface area contributed by atoms with Gasteiger partial charge in [-0.1, -0.05) is 0 Å². The maximum atomic E-state index is 8.82. The zero-order valence-corrected chi connectivity index (χ0v) is 12.3. The highest BCUT2D eigenvalue weighted by Crippen LogP contribution is 2.28. The Bertz CT molecular complexity index is 671. The van der Waals surface area contributed by atoms with E-state index < -0.39 is 0 Å². The van der Waals surface area contributed by atoms with Crippen molar-refractivity contribution in [2.75, 3.05) is 19.7 Å². The highest BCUT2D eigenvalue weighted by molar-refractivity contribution is 7.11. The quantitative estimate of drug-likeness (QED) is 0.856. The Morgan fingerprint density at radius 3 is 3.14 bits per heavy atom. The molecule has 2 aromatic rings. The summed E-state index contributed by atoms with van der Waals surface area (Å²) in [6.45, 7) is 4.35. The largest absolute Gasteiger partial charge is 0.375 e. The zero-order valence-electron chi connectivity index (χ0n) is 11.5. The van der Waals surface area contributed by atoms with E-state index in [9.17, 15) is 0 Å². The number of rotatable bonds is 3. The van der Waals surface area contributed by atoms with E-state index in [2.05, 4.69) is 16.1 Å². The molecule has 6 nitrogen and oxygen atoms in total. The lowest BCUT2D eigenvalue weighted by molar-refractivity contribution is 0.0906. The van der Waals surface area contributed by atoms with Gasteiger partial charge in [-0.3, -0.25) is 9.58 Å². The number of fused-ring (bicyclic) bond motifs is 1. The summed E-state index contributed by atoms with van der Waals surface area (Å²) in [7, 11) is 0. The van der Waals surface area contributed by atoms with Crippen LogP contribution in [0.1, 0.15) is 27.2 Å². The molecular formula is C14H15N5OS. The normalized spacial score (nSPS) is 19.0. The summed E-state index contributed by atoms with van der Waals surface area (Å²) in [6, 6.07) is 2.49. The molecule has 0 spiro atoms. The van der Waals surface area contributed by atoms with Crippen LogP contribution in [-0.2, 0) is 24.3 Å². The zero-order chi connectivity index (χ0) is 14.2. The molecule has 2 aliphatic rings. The molecule has 2 aromatic heterocycles. The molecular weight excluding hydrogens is 286 g/mol. The summed E-state index contributed by atoms with van der Waals surface area (Å²) >= 11 is 1.77. The van der Waals surface area contributed by atoms with Gasteiger partial charge in [-0.15, -0.1) is 11.3 Å². The Hall–Kier alpha value is -1.75. The van der Waals surface area contributed by atoms with Crippen molar-refractivity contribution < 1.29 is 4.74 Å². The molecule has 4 heterocycles. The van der Waals surface area contributed by atoms with Crippen LogP contribution in [-0.4, -0.2) is 39.4 Å². The second kappa shape index (κ2) is 5.22. The van der Waals surface area contributed by atoms with Crippen LogP contribution in [0.5, 0.6) is 0 Å². The number of ether oxygens (including phenoxy) is 1. The van der Waals surface area contributed by atoms with Gasteiger partial charge in [-0.25, -0.2) is 4.98 Å². The Morgan fingerprint density at radius 1 is 1.48 bits per heavy atom. The van der Waals surface area contributed by atoms with E-state index in [0.717, 1.165) is 39.3 Å². The molecule has 2 aliphatic heterocycles. The van der Waals surface area contributed by atoms with Gasteiger partial charge in [-0.2, -0.15) is 10.4 Å². The first kappa shape index (κ1) is 13.0. The van der Waals surface area contributed by atoms with Crippen molar-refractivity contribution >= 4 is 11.3 Å². The van der Waals surface area contributed by atoms with Gasteiger partial charge in [0.1, 0.15) is 11.1 Å². The van der Waals surface area contributed by atoms with E-state index in [1.54, 1.807) is 17.5 Å². The predicted octanol–water partition coefficient (Wildman–Crippen LogP) is 1.34. The SMILES string of the molecule is N#Cc1cnn(C2CN(Cc3nc4c(s3)COCC4)C2)c1. The van der Waals surface area contributed by atoms with Crippen molar-refractivity contribution in [2.45, 2.75) is 25.6 Å². The van der Waals surface area contributed by atoms with Gasteiger partial charge in [0, 0.05) is 25.7 Å². The standard InChI is InChI=1S/C14H15N5OS/c15-3-10-4-16-19(5-10)11-6-18(7-11)8-14-17-12-1-2-20-9-13(12)21-14/h4-5,11H,1-2,6-9H2. The number of likely N-dealkylation sites (tertiary alicyclic amines) is 1. The summed E-state index contributed by atoms with van der Waals surface area (Å²) in [5.41, 5.74) is 1.85. The predicted molar refractivity (Wildman–Crippen MR) is 76.7 cm³/mol. The van der Waals surface area contributed by atoms with Gasteiger partial charge < -0.3 is 4.74 Å². The summed E-state index contributed by atoms with van der Waals surface area (Å²) in [4.78, 5) is 8.37. The summed E-state index contributed by atoms with van der Waals surface area (Å²) in [5, 5.41) is 14.2. The topological polar surface area (TPSA) is 67.0 Å². The maximum Gasteiger partial charge on any atom is 0.107 e. The molecule has 1 fully saturated rings. The molecule has 0 saturated carbocycles. The highest BCUT2D eigenvalue weighted by atomic mass is 32.1. The van der Waals surface area contributed by atoms with E-state index in [1.807, 2.05) is 10.9 Å². The van der Waals surface area contributed by atoms with Gasteiger partial charge >= 0.3 is 0 Å². The minimum absolute atomic E-state index is 0.380. The third kappa shape index (κ3) is 2.46. The minimum Gasteiger partial charge on any atom is -0.375 e. The van der Waals surface area contributed by atoms with E-state index in [4.69, 9.17) is 15.0 Å². The summed E-state index contributed by atoms with van der Waals surface area (Å²) in [6.07, 6.45) is 4.39. The average Bonchev–Trinajstić information content (AvgIpc) is 3.08. The van der Waals surface area contributed by atoms with E-state index in [-0.39, 0.29) is 0 Å². The lowest BCUT2D eigenvalue weighted by Gasteiger charge is -2.38. The van der Waals surface area contributed by atoms with Gasteiger partial charge in [0.05, 0.1) is 48.1 Å². The van der Waals surface area contributed by atoms with Gasteiger partial charge in [0.25, 0.3) is 0 Å².